The van der Waals surface area contributed by atoms with Crippen LogP contribution in [0.25, 0.3) is 0 Å². The van der Waals surface area contributed by atoms with Gasteiger partial charge in [-0.15, -0.1) is 0 Å². The summed E-state index contributed by atoms with van der Waals surface area (Å²) in [6.07, 6.45) is 2.06. The molecule has 0 aromatic carbocycles. The van der Waals surface area contributed by atoms with Gasteiger partial charge in [0.1, 0.15) is 10.8 Å². The normalized spacial score (nSPS) is 25.1. The summed E-state index contributed by atoms with van der Waals surface area (Å²) >= 11 is 1.42. The number of hydrogen-bond acceptors (Lipinski definition) is 5. The van der Waals surface area contributed by atoms with Crippen molar-refractivity contribution in [3.8, 4) is 0 Å². The molecular formula is C10H17N3OS. The van der Waals surface area contributed by atoms with Gasteiger partial charge in [-0.25, -0.2) is 0 Å². The van der Waals surface area contributed by atoms with Crippen molar-refractivity contribution in [3.05, 3.63) is 6.07 Å². The smallest absolute Gasteiger partial charge is 0.139 e. The molecule has 4 nitrogen and oxygen atoms in total. The molecule has 0 bridgehead atoms. The molecule has 1 aliphatic heterocycles. The molecular weight excluding hydrogens is 210 g/mol. The molecule has 0 radical (unpaired) electrons. The lowest BCUT2D eigenvalue weighted by Crippen LogP contribution is -2.39. The number of rotatable bonds is 2. The van der Waals surface area contributed by atoms with Gasteiger partial charge in [0, 0.05) is 18.7 Å². The molecule has 0 spiro atoms. The van der Waals surface area contributed by atoms with Crippen molar-refractivity contribution in [1.82, 2.24) is 4.37 Å². The van der Waals surface area contributed by atoms with Crippen LogP contribution in [0.15, 0.2) is 6.07 Å². The lowest BCUT2D eigenvalue weighted by Gasteiger charge is -2.35. The molecule has 2 rings (SSSR count). The van der Waals surface area contributed by atoms with Gasteiger partial charge in [0.2, 0.25) is 0 Å². The first kappa shape index (κ1) is 10.7. The second-order valence-corrected chi connectivity index (χ2v) is 5.36. The van der Waals surface area contributed by atoms with Gasteiger partial charge in [-0.05, 0) is 38.2 Å². The molecule has 1 fully saturated rings. The summed E-state index contributed by atoms with van der Waals surface area (Å²) < 4.78 is 9.71. The molecule has 1 aromatic heterocycles. The number of aromatic nitrogens is 1. The maximum Gasteiger partial charge on any atom is 0.139 e. The average molecular weight is 227 g/mol. The summed E-state index contributed by atoms with van der Waals surface area (Å²) in [6.45, 7) is 5.07. The Morgan fingerprint density at radius 3 is 3.07 bits per heavy atom. The SMILES string of the molecule is CC1(C)CC(Nc2cc(N)ns2)CCO1. The zero-order valence-electron chi connectivity index (χ0n) is 9.12. The van der Waals surface area contributed by atoms with E-state index in [0.717, 1.165) is 24.4 Å². The van der Waals surface area contributed by atoms with Crippen LogP contribution in [-0.2, 0) is 4.74 Å². The molecule has 0 saturated carbocycles. The Balaban J connectivity index is 1.95. The zero-order chi connectivity index (χ0) is 10.9. The molecule has 15 heavy (non-hydrogen) atoms. The monoisotopic (exact) mass is 227 g/mol. The first-order chi connectivity index (χ1) is 7.05. The summed E-state index contributed by atoms with van der Waals surface area (Å²) in [7, 11) is 0. The predicted octanol–water partition coefficient (Wildman–Crippen LogP) is 2.09. The maximum atomic E-state index is 5.66. The van der Waals surface area contributed by atoms with Crippen LogP contribution >= 0.6 is 11.5 Å². The van der Waals surface area contributed by atoms with Gasteiger partial charge < -0.3 is 15.8 Å². The summed E-state index contributed by atoms with van der Waals surface area (Å²) in [5.74, 6) is 0.591. The fourth-order valence-electron chi connectivity index (χ4n) is 1.91. The van der Waals surface area contributed by atoms with Crippen molar-refractivity contribution in [1.29, 1.82) is 0 Å². The number of nitrogens with zero attached hydrogens (tertiary/aromatic N) is 1. The molecule has 0 aliphatic carbocycles. The second-order valence-electron chi connectivity index (χ2n) is 4.56. The maximum absolute atomic E-state index is 5.66. The third-order valence-electron chi connectivity index (χ3n) is 2.57. The van der Waals surface area contributed by atoms with Crippen LogP contribution in [0.2, 0.25) is 0 Å². The highest BCUT2D eigenvalue weighted by molar-refractivity contribution is 7.10. The fraction of sp³-hybridized carbons (Fsp3) is 0.700. The van der Waals surface area contributed by atoms with Crippen LogP contribution in [-0.4, -0.2) is 22.6 Å². The number of hydrogen-bond donors (Lipinski definition) is 2. The van der Waals surface area contributed by atoms with E-state index in [1.165, 1.54) is 11.5 Å². The quantitative estimate of drug-likeness (QED) is 0.812. The van der Waals surface area contributed by atoms with E-state index in [4.69, 9.17) is 10.5 Å². The van der Waals surface area contributed by atoms with E-state index >= 15 is 0 Å². The highest BCUT2D eigenvalue weighted by Gasteiger charge is 2.28. The summed E-state index contributed by atoms with van der Waals surface area (Å²) in [5, 5.41) is 4.50. The topological polar surface area (TPSA) is 60.2 Å². The Bertz CT molecular complexity index is 337. The number of nitrogens with two attached hydrogens (primary N) is 1. The minimum absolute atomic E-state index is 0.0217. The molecule has 5 heteroatoms. The minimum atomic E-state index is -0.0217. The third-order valence-corrected chi connectivity index (χ3v) is 3.31. The molecule has 1 saturated heterocycles. The molecule has 1 unspecified atom stereocenters. The summed E-state index contributed by atoms with van der Waals surface area (Å²) in [4.78, 5) is 0. The lowest BCUT2D eigenvalue weighted by atomic mass is 9.94. The van der Waals surface area contributed by atoms with Crippen molar-refractivity contribution >= 4 is 22.4 Å². The van der Waals surface area contributed by atoms with Crippen LogP contribution in [0.3, 0.4) is 0 Å². The van der Waals surface area contributed by atoms with E-state index in [1.807, 2.05) is 6.07 Å². The van der Waals surface area contributed by atoms with E-state index < -0.39 is 0 Å². The Kier molecular flexibility index (Phi) is 2.84. The highest BCUT2D eigenvalue weighted by atomic mass is 32.1. The lowest BCUT2D eigenvalue weighted by molar-refractivity contribution is -0.0552. The van der Waals surface area contributed by atoms with E-state index in [-0.39, 0.29) is 5.60 Å². The Morgan fingerprint density at radius 2 is 2.47 bits per heavy atom. The van der Waals surface area contributed by atoms with Crippen LogP contribution < -0.4 is 11.1 Å². The highest BCUT2D eigenvalue weighted by Crippen LogP contribution is 2.28. The molecule has 2 heterocycles. The largest absolute Gasteiger partial charge is 0.383 e. The van der Waals surface area contributed by atoms with Gasteiger partial charge in [0.15, 0.2) is 0 Å². The van der Waals surface area contributed by atoms with Crippen LogP contribution in [0.5, 0.6) is 0 Å². The average Bonchev–Trinajstić information content (AvgIpc) is 2.49. The van der Waals surface area contributed by atoms with Gasteiger partial charge in [0.05, 0.1) is 5.60 Å². The van der Waals surface area contributed by atoms with Crippen LogP contribution in [0, 0.1) is 0 Å². The van der Waals surface area contributed by atoms with Crippen molar-refractivity contribution < 1.29 is 4.74 Å². The van der Waals surface area contributed by atoms with Gasteiger partial charge in [0.25, 0.3) is 0 Å². The Hall–Kier alpha value is -0.810. The molecule has 1 aliphatic rings. The van der Waals surface area contributed by atoms with E-state index in [1.54, 1.807) is 0 Å². The summed E-state index contributed by atoms with van der Waals surface area (Å²) in [6, 6.07) is 2.35. The van der Waals surface area contributed by atoms with Crippen molar-refractivity contribution in [3.63, 3.8) is 0 Å². The molecule has 1 atom stereocenters. The molecule has 3 N–H and O–H groups in total. The van der Waals surface area contributed by atoms with E-state index in [2.05, 4.69) is 23.5 Å². The molecule has 84 valence electrons. The van der Waals surface area contributed by atoms with Gasteiger partial charge in [-0.1, -0.05) is 0 Å². The van der Waals surface area contributed by atoms with Crippen molar-refractivity contribution in [2.75, 3.05) is 17.7 Å². The number of ether oxygens (including phenoxy) is 1. The first-order valence-corrected chi connectivity index (χ1v) is 5.95. The van der Waals surface area contributed by atoms with Crippen LogP contribution in [0.4, 0.5) is 10.8 Å². The minimum Gasteiger partial charge on any atom is -0.383 e. The van der Waals surface area contributed by atoms with E-state index in [0.29, 0.717) is 11.9 Å². The first-order valence-electron chi connectivity index (χ1n) is 5.18. The third kappa shape index (κ3) is 2.82. The number of nitrogen functional groups attached to an aromatic ring is 1. The standard InChI is InChI=1S/C10H17N3OS/c1-10(2)6-7(3-4-14-10)12-9-5-8(11)13-15-9/h5,7,12H,3-4,6H2,1-2H3,(H2,11,13). The Labute approximate surface area is 94.0 Å². The van der Waals surface area contributed by atoms with Gasteiger partial charge in [-0.2, -0.15) is 4.37 Å². The predicted molar refractivity (Wildman–Crippen MR) is 63.2 cm³/mol. The molecule has 1 aromatic rings. The number of nitrogens with one attached hydrogen (secondary N) is 1. The zero-order valence-corrected chi connectivity index (χ0v) is 9.93. The van der Waals surface area contributed by atoms with Crippen molar-refractivity contribution in [2.24, 2.45) is 0 Å². The summed E-state index contributed by atoms with van der Waals surface area (Å²) in [5.41, 5.74) is 5.55. The second kappa shape index (κ2) is 3.98. The van der Waals surface area contributed by atoms with Gasteiger partial charge in [-0.3, -0.25) is 0 Å². The Morgan fingerprint density at radius 1 is 1.67 bits per heavy atom. The van der Waals surface area contributed by atoms with Crippen LogP contribution in [0.1, 0.15) is 26.7 Å². The molecule has 0 amide bonds. The van der Waals surface area contributed by atoms with Crippen molar-refractivity contribution in [2.45, 2.75) is 38.3 Å². The fourth-order valence-corrected chi connectivity index (χ4v) is 2.56. The van der Waals surface area contributed by atoms with Gasteiger partial charge >= 0.3 is 0 Å². The number of anilines is 2. The van der Waals surface area contributed by atoms with E-state index in [9.17, 15) is 0 Å².